The van der Waals surface area contributed by atoms with E-state index in [9.17, 15) is 4.39 Å². The number of nitrogens with zero attached hydrogens (tertiary/aromatic N) is 4. The molecule has 7 heteroatoms. The van der Waals surface area contributed by atoms with E-state index in [-0.39, 0.29) is 16.6 Å². The van der Waals surface area contributed by atoms with Crippen molar-refractivity contribution in [1.82, 2.24) is 19.6 Å². The van der Waals surface area contributed by atoms with Crippen LogP contribution < -0.4 is 5.73 Å². The Labute approximate surface area is 154 Å². The Morgan fingerprint density at radius 2 is 1.96 bits per heavy atom. The molecule has 0 saturated carbocycles. The average molecular weight is 363 g/mol. The average Bonchev–Trinajstić information content (AvgIpc) is 3.07. The van der Waals surface area contributed by atoms with Gasteiger partial charge in [-0.1, -0.05) is 30.4 Å². The predicted molar refractivity (Wildman–Crippen MR) is 102 cm³/mol. The minimum Gasteiger partial charge on any atom is -0.389 e. The summed E-state index contributed by atoms with van der Waals surface area (Å²) in [5, 5.41) is 4.46. The van der Waals surface area contributed by atoms with Crippen molar-refractivity contribution >= 4 is 22.9 Å². The van der Waals surface area contributed by atoms with E-state index in [4.69, 9.17) is 18.0 Å². The molecule has 0 fully saturated rings. The quantitative estimate of drug-likeness (QED) is 0.564. The van der Waals surface area contributed by atoms with Crippen LogP contribution in [0.2, 0.25) is 0 Å². The van der Waals surface area contributed by atoms with Gasteiger partial charge in [-0.25, -0.2) is 13.9 Å². The number of pyridine rings is 2. The van der Waals surface area contributed by atoms with Gasteiger partial charge in [-0.2, -0.15) is 0 Å². The number of benzene rings is 1. The van der Waals surface area contributed by atoms with Gasteiger partial charge in [0.25, 0.3) is 0 Å². The molecule has 2 N–H and O–H groups in total. The molecule has 0 unspecified atom stereocenters. The van der Waals surface area contributed by atoms with Crippen molar-refractivity contribution in [2.24, 2.45) is 5.73 Å². The number of rotatable bonds is 3. The maximum atomic E-state index is 14.2. The normalized spacial score (nSPS) is 11.0. The van der Waals surface area contributed by atoms with Crippen LogP contribution in [0.4, 0.5) is 4.39 Å². The number of hydrogen-bond donors (Lipinski definition) is 1. The summed E-state index contributed by atoms with van der Waals surface area (Å²) < 4.78 is 15.8. The molecule has 0 spiro atoms. The lowest BCUT2D eigenvalue weighted by Crippen LogP contribution is -2.14. The van der Waals surface area contributed by atoms with Crippen LogP contribution in [0, 0.1) is 12.7 Å². The van der Waals surface area contributed by atoms with Gasteiger partial charge in [0.2, 0.25) is 0 Å². The van der Waals surface area contributed by atoms with E-state index in [1.807, 2.05) is 25.1 Å². The van der Waals surface area contributed by atoms with Gasteiger partial charge in [-0.3, -0.25) is 4.98 Å². The van der Waals surface area contributed by atoms with Crippen molar-refractivity contribution in [1.29, 1.82) is 0 Å². The van der Waals surface area contributed by atoms with Gasteiger partial charge in [0.15, 0.2) is 11.5 Å². The van der Waals surface area contributed by atoms with Gasteiger partial charge in [-0.05, 0) is 36.8 Å². The second-order valence-corrected chi connectivity index (χ2v) is 6.27. The third-order valence-corrected chi connectivity index (χ3v) is 4.33. The number of halogens is 1. The first-order valence-electron chi connectivity index (χ1n) is 7.91. The standard InChI is InChI=1S/C19H14FN5S/c1-11-9-14(12-5-4-8-22-10-12)16(17(21)26)19-23-18(24-25(11)19)13-6-2-3-7-15(13)20/h2-10H,1H3,(H2,21,26). The van der Waals surface area contributed by atoms with Gasteiger partial charge in [0.05, 0.1) is 11.1 Å². The predicted octanol–water partition coefficient (Wildman–Crippen LogP) is 3.54. The molecular weight excluding hydrogens is 349 g/mol. The molecule has 0 saturated heterocycles. The molecule has 4 rings (SSSR count). The zero-order valence-electron chi connectivity index (χ0n) is 13.8. The number of nitrogens with two attached hydrogens (primary N) is 1. The minimum atomic E-state index is -0.384. The molecule has 0 aliphatic carbocycles. The van der Waals surface area contributed by atoms with Crippen molar-refractivity contribution in [2.45, 2.75) is 6.92 Å². The topological polar surface area (TPSA) is 69.1 Å². The molecule has 0 radical (unpaired) electrons. The van der Waals surface area contributed by atoms with Crippen molar-refractivity contribution in [2.75, 3.05) is 0 Å². The zero-order valence-corrected chi connectivity index (χ0v) is 14.7. The molecule has 5 nitrogen and oxygen atoms in total. The Morgan fingerprint density at radius 3 is 2.65 bits per heavy atom. The van der Waals surface area contributed by atoms with E-state index in [1.165, 1.54) is 6.07 Å². The van der Waals surface area contributed by atoms with Crippen molar-refractivity contribution < 1.29 is 4.39 Å². The highest BCUT2D eigenvalue weighted by molar-refractivity contribution is 7.80. The highest BCUT2D eigenvalue weighted by Gasteiger charge is 2.19. The third-order valence-electron chi connectivity index (χ3n) is 4.12. The lowest BCUT2D eigenvalue weighted by Gasteiger charge is -2.11. The molecule has 0 aliphatic heterocycles. The van der Waals surface area contributed by atoms with Crippen molar-refractivity contribution in [3.63, 3.8) is 0 Å². The number of thiocarbonyl (C=S) groups is 1. The van der Waals surface area contributed by atoms with Crippen LogP contribution in [0.25, 0.3) is 28.2 Å². The summed E-state index contributed by atoms with van der Waals surface area (Å²) in [5.74, 6) is -0.0996. The Bertz CT molecular complexity index is 1140. The Kier molecular flexibility index (Phi) is 3.93. The Balaban J connectivity index is 2.04. The smallest absolute Gasteiger partial charge is 0.185 e. The summed E-state index contributed by atoms with van der Waals surface area (Å²) in [4.78, 5) is 8.89. The maximum Gasteiger partial charge on any atom is 0.185 e. The molecule has 3 heterocycles. The highest BCUT2D eigenvalue weighted by atomic mass is 32.1. The molecular formula is C19H14FN5S. The second-order valence-electron chi connectivity index (χ2n) is 5.83. The summed E-state index contributed by atoms with van der Waals surface area (Å²) >= 11 is 5.27. The first-order chi connectivity index (χ1) is 12.6. The molecule has 3 aromatic heterocycles. The SMILES string of the molecule is Cc1cc(-c2cccnc2)c(C(N)=S)c2nc(-c3ccccc3F)nn12. The fraction of sp³-hybridized carbons (Fsp3) is 0.0526. The van der Waals surface area contributed by atoms with Gasteiger partial charge in [-0.15, -0.1) is 5.10 Å². The van der Waals surface area contributed by atoms with E-state index in [0.29, 0.717) is 16.8 Å². The first kappa shape index (κ1) is 16.3. The van der Waals surface area contributed by atoms with Gasteiger partial charge in [0.1, 0.15) is 10.8 Å². The summed E-state index contributed by atoms with van der Waals surface area (Å²) in [6.07, 6.45) is 3.43. The van der Waals surface area contributed by atoms with E-state index in [0.717, 1.165) is 16.8 Å². The summed E-state index contributed by atoms with van der Waals surface area (Å²) in [5.41, 5.74) is 9.94. The molecule has 0 amide bonds. The number of aryl methyl sites for hydroxylation is 1. The van der Waals surface area contributed by atoms with Crippen LogP contribution in [0.5, 0.6) is 0 Å². The molecule has 0 bridgehead atoms. The second kappa shape index (κ2) is 6.27. The molecule has 0 atom stereocenters. The molecule has 1 aromatic carbocycles. The summed E-state index contributed by atoms with van der Waals surface area (Å²) in [6.45, 7) is 1.90. The Morgan fingerprint density at radius 1 is 1.15 bits per heavy atom. The highest BCUT2D eigenvalue weighted by Crippen LogP contribution is 2.29. The largest absolute Gasteiger partial charge is 0.389 e. The van der Waals surface area contributed by atoms with Crippen molar-refractivity contribution in [3.05, 3.63) is 71.9 Å². The molecule has 4 aromatic rings. The monoisotopic (exact) mass is 363 g/mol. The fourth-order valence-corrected chi connectivity index (χ4v) is 3.13. The lowest BCUT2D eigenvalue weighted by molar-refractivity contribution is 0.630. The molecule has 26 heavy (non-hydrogen) atoms. The van der Waals surface area contributed by atoms with E-state index < -0.39 is 0 Å². The van der Waals surface area contributed by atoms with E-state index in [1.54, 1.807) is 35.1 Å². The van der Waals surface area contributed by atoms with Crippen LogP contribution in [0.1, 0.15) is 11.3 Å². The summed E-state index contributed by atoms with van der Waals surface area (Å²) in [6, 6.07) is 12.1. The lowest BCUT2D eigenvalue weighted by atomic mass is 10.0. The Hall–Kier alpha value is -3.19. The van der Waals surface area contributed by atoms with Gasteiger partial charge < -0.3 is 5.73 Å². The maximum absolute atomic E-state index is 14.2. The van der Waals surface area contributed by atoms with E-state index in [2.05, 4.69) is 15.1 Å². The van der Waals surface area contributed by atoms with Crippen LogP contribution in [0.3, 0.4) is 0 Å². The van der Waals surface area contributed by atoms with Crippen molar-refractivity contribution in [3.8, 4) is 22.5 Å². The van der Waals surface area contributed by atoms with Crippen LogP contribution in [-0.4, -0.2) is 24.6 Å². The fourth-order valence-electron chi connectivity index (χ4n) is 2.93. The number of fused-ring (bicyclic) bond motifs is 1. The van der Waals surface area contributed by atoms with E-state index >= 15 is 0 Å². The number of aromatic nitrogens is 4. The van der Waals surface area contributed by atoms with Gasteiger partial charge in [0, 0.05) is 23.7 Å². The van der Waals surface area contributed by atoms with Crippen LogP contribution in [-0.2, 0) is 0 Å². The first-order valence-corrected chi connectivity index (χ1v) is 8.32. The summed E-state index contributed by atoms with van der Waals surface area (Å²) in [7, 11) is 0. The molecule has 0 aliphatic rings. The van der Waals surface area contributed by atoms with Gasteiger partial charge >= 0.3 is 0 Å². The third kappa shape index (κ3) is 2.62. The van der Waals surface area contributed by atoms with Crippen LogP contribution >= 0.6 is 12.2 Å². The zero-order chi connectivity index (χ0) is 18.3. The van der Waals surface area contributed by atoms with Crippen LogP contribution in [0.15, 0.2) is 54.9 Å². The number of hydrogen-bond acceptors (Lipinski definition) is 4. The molecule has 128 valence electrons. The minimum absolute atomic E-state index is 0.196.